The van der Waals surface area contributed by atoms with Crippen molar-refractivity contribution in [3.63, 3.8) is 0 Å². The molecule has 0 aromatic rings. The van der Waals surface area contributed by atoms with E-state index in [1.807, 2.05) is 6.92 Å². The highest BCUT2D eigenvalue weighted by Gasteiger charge is 2.14. The van der Waals surface area contributed by atoms with Crippen LogP contribution in [-0.4, -0.2) is 32.2 Å². The van der Waals surface area contributed by atoms with Crippen LogP contribution in [0.4, 0.5) is 0 Å². The first kappa shape index (κ1) is 31.6. The van der Waals surface area contributed by atoms with Crippen LogP contribution >= 0.6 is 0 Å². The van der Waals surface area contributed by atoms with Crippen molar-refractivity contribution in [2.24, 2.45) is 23.7 Å². The van der Waals surface area contributed by atoms with Gasteiger partial charge < -0.3 is 14.2 Å². The topological polar surface area (TPSA) is 27.7 Å². The van der Waals surface area contributed by atoms with Crippen LogP contribution < -0.4 is 0 Å². The van der Waals surface area contributed by atoms with Crippen LogP contribution in [0.2, 0.25) is 0 Å². The summed E-state index contributed by atoms with van der Waals surface area (Å²) in [6, 6.07) is 0. The standard InChI is InChI=1S/C8H16.C7H14O.C6H12O2.3CH4.H2/c1-7-3-5-8(2)6-4-7;1-6-3-4-7(2)8-5-6;1-5-3-7-6(2)8-4-5;;;;/h7-8H,3-6H2,1-2H3;6-7H,3-5H2,1-2H3;5-6H,3-4H2,1-2H3;3*1H4;1H. The molecule has 3 heteroatoms. The lowest BCUT2D eigenvalue weighted by molar-refractivity contribution is -0.187. The summed E-state index contributed by atoms with van der Waals surface area (Å²) < 4.78 is 15.7. The molecule has 0 N–H and O–H groups in total. The molecule has 2 atom stereocenters. The molecule has 3 aliphatic rings. The average molecular weight is 393 g/mol. The summed E-state index contributed by atoms with van der Waals surface area (Å²) in [6.07, 6.45) is 9.03. The zero-order chi connectivity index (χ0) is 17.9. The monoisotopic (exact) mass is 392 g/mol. The highest BCUT2D eigenvalue weighted by atomic mass is 16.7. The van der Waals surface area contributed by atoms with E-state index in [1.54, 1.807) is 0 Å². The highest BCUT2D eigenvalue weighted by molar-refractivity contribution is 4.65. The van der Waals surface area contributed by atoms with Gasteiger partial charge in [0.2, 0.25) is 0 Å². The average Bonchev–Trinajstić information content (AvgIpc) is 2.57. The predicted octanol–water partition coefficient (Wildman–Crippen LogP) is 7.82. The Morgan fingerprint density at radius 2 is 0.852 bits per heavy atom. The van der Waals surface area contributed by atoms with E-state index in [4.69, 9.17) is 14.2 Å². The Labute approximate surface area is 174 Å². The fourth-order valence-electron chi connectivity index (χ4n) is 3.14. The van der Waals surface area contributed by atoms with Crippen molar-refractivity contribution in [2.75, 3.05) is 19.8 Å². The molecular weight excluding hydrogens is 336 g/mol. The van der Waals surface area contributed by atoms with Crippen molar-refractivity contribution in [3.8, 4) is 0 Å². The summed E-state index contributed by atoms with van der Waals surface area (Å²) in [6.45, 7) is 15.8. The summed E-state index contributed by atoms with van der Waals surface area (Å²) in [5.41, 5.74) is 0. The van der Waals surface area contributed by atoms with Crippen molar-refractivity contribution in [1.29, 1.82) is 0 Å². The number of hydrogen-bond acceptors (Lipinski definition) is 3. The fourth-order valence-corrected chi connectivity index (χ4v) is 3.14. The van der Waals surface area contributed by atoms with E-state index < -0.39 is 0 Å². The molecule has 0 amide bonds. The summed E-state index contributed by atoms with van der Waals surface area (Å²) in [7, 11) is 0. The predicted molar refractivity (Wildman–Crippen MR) is 123 cm³/mol. The van der Waals surface area contributed by atoms with E-state index in [1.165, 1.54) is 38.5 Å². The maximum absolute atomic E-state index is 5.39. The molecule has 1 saturated carbocycles. The number of rotatable bonds is 0. The molecule has 0 aromatic carbocycles. The van der Waals surface area contributed by atoms with Gasteiger partial charge in [0.15, 0.2) is 6.29 Å². The molecule has 2 unspecified atom stereocenters. The molecule has 3 nitrogen and oxygen atoms in total. The third-order valence-electron chi connectivity index (χ3n) is 5.27. The Kier molecular flexibility index (Phi) is 21.0. The van der Waals surface area contributed by atoms with Crippen molar-refractivity contribution >= 4 is 0 Å². The third kappa shape index (κ3) is 16.5. The Morgan fingerprint density at radius 1 is 0.481 bits per heavy atom. The SMILES string of the molecule is C.C.C.CC1CCC(C)CC1.CC1CCC(C)OC1.CC1COC(C)OC1.[HH]. The molecule has 2 heterocycles. The molecular formula is C24H56O3. The Morgan fingerprint density at radius 3 is 1.15 bits per heavy atom. The van der Waals surface area contributed by atoms with Crippen LogP contribution in [0, 0.1) is 23.7 Å². The van der Waals surface area contributed by atoms with Crippen LogP contribution in [0.15, 0.2) is 0 Å². The van der Waals surface area contributed by atoms with Crippen LogP contribution in [0.1, 0.15) is 104 Å². The Hall–Kier alpha value is -0.120. The molecule has 0 aromatic heterocycles. The minimum atomic E-state index is 0. The first-order valence-electron chi connectivity index (χ1n) is 10.2. The highest BCUT2D eigenvalue weighted by Crippen LogP contribution is 2.27. The van der Waals surface area contributed by atoms with Crippen LogP contribution in [0.3, 0.4) is 0 Å². The summed E-state index contributed by atoms with van der Waals surface area (Å²) in [5.74, 6) is 3.41. The minimum absolute atomic E-state index is 0. The van der Waals surface area contributed by atoms with Crippen molar-refractivity contribution in [2.45, 2.75) is 115 Å². The van der Waals surface area contributed by atoms with Crippen molar-refractivity contribution in [1.82, 2.24) is 0 Å². The minimum Gasteiger partial charge on any atom is -0.378 e. The molecule has 27 heavy (non-hydrogen) atoms. The summed E-state index contributed by atoms with van der Waals surface area (Å²) >= 11 is 0. The van der Waals surface area contributed by atoms with Gasteiger partial charge in [-0.2, -0.15) is 0 Å². The molecule has 0 spiro atoms. The van der Waals surface area contributed by atoms with Gasteiger partial charge in [-0.3, -0.25) is 0 Å². The van der Waals surface area contributed by atoms with Gasteiger partial charge in [0.1, 0.15) is 0 Å². The van der Waals surface area contributed by atoms with E-state index in [2.05, 4.69) is 34.6 Å². The van der Waals surface area contributed by atoms with Gasteiger partial charge in [0, 0.05) is 14.0 Å². The molecule has 1 aliphatic carbocycles. The van der Waals surface area contributed by atoms with Crippen molar-refractivity contribution < 1.29 is 15.6 Å². The van der Waals surface area contributed by atoms with E-state index >= 15 is 0 Å². The van der Waals surface area contributed by atoms with E-state index in [9.17, 15) is 0 Å². The molecule has 170 valence electrons. The zero-order valence-corrected chi connectivity index (χ0v) is 17.1. The van der Waals surface area contributed by atoms with Gasteiger partial charge in [-0.05, 0) is 44.4 Å². The first-order chi connectivity index (χ1) is 11.4. The van der Waals surface area contributed by atoms with E-state index in [0.717, 1.165) is 37.6 Å². The normalized spacial score (nSPS) is 35.3. The number of ether oxygens (including phenoxy) is 3. The van der Waals surface area contributed by atoms with E-state index in [0.29, 0.717) is 12.0 Å². The van der Waals surface area contributed by atoms with Crippen LogP contribution in [0.25, 0.3) is 0 Å². The molecule has 2 saturated heterocycles. The second-order valence-electron chi connectivity index (χ2n) is 8.53. The molecule has 3 rings (SSSR count). The second-order valence-corrected chi connectivity index (χ2v) is 8.53. The lowest BCUT2D eigenvalue weighted by Gasteiger charge is -2.24. The lowest BCUT2D eigenvalue weighted by Crippen LogP contribution is -2.27. The smallest absolute Gasteiger partial charge is 0.154 e. The zero-order valence-electron chi connectivity index (χ0n) is 17.1. The van der Waals surface area contributed by atoms with Gasteiger partial charge in [-0.25, -0.2) is 0 Å². The molecule has 0 bridgehead atoms. The molecule has 2 aliphatic heterocycles. The fraction of sp³-hybridized carbons (Fsp3) is 1.00. The Bertz CT molecular complexity index is 213. The third-order valence-corrected chi connectivity index (χ3v) is 5.27. The van der Waals surface area contributed by atoms with Gasteiger partial charge in [-0.1, -0.05) is 75.7 Å². The van der Waals surface area contributed by atoms with Gasteiger partial charge in [-0.15, -0.1) is 0 Å². The first-order valence-corrected chi connectivity index (χ1v) is 10.2. The maximum atomic E-state index is 5.39. The van der Waals surface area contributed by atoms with Gasteiger partial charge in [0.05, 0.1) is 19.3 Å². The largest absolute Gasteiger partial charge is 0.378 e. The molecule has 3 fully saturated rings. The number of hydrogen-bond donors (Lipinski definition) is 0. The lowest BCUT2D eigenvalue weighted by atomic mass is 9.84. The van der Waals surface area contributed by atoms with Crippen LogP contribution in [0.5, 0.6) is 0 Å². The quantitative estimate of drug-likeness (QED) is 0.420. The summed E-state index contributed by atoms with van der Waals surface area (Å²) in [4.78, 5) is 0. The van der Waals surface area contributed by atoms with Gasteiger partial charge >= 0.3 is 0 Å². The Balaban J connectivity index is -0.000000144. The molecule has 0 radical (unpaired) electrons. The van der Waals surface area contributed by atoms with E-state index in [-0.39, 0.29) is 30.0 Å². The van der Waals surface area contributed by atoms with Crippen LogP contribution in [-0.2, 0) is 14.2 Å². The van der Waals surface area contributed by atoms with Gasteiger partial charge in [0.25, 0.3) is 0 Å². The maximum Gasteiger partial charge on any atom is 0.154 e. The summed E-state index contributed by atoms with van der Waals surface area (Å²) in [5, 5.41) is 0. The second kappa shape index (κ2) is 17.9. The van der Waals surface area contributed by atoms with Crippen molar-refractivity contribution in [3.05, 3.63) is 0 Å².